The van der Waals surface area contributed by atoms with Crippen LogP contribution < -0.4 is 0 Å². The largest absolute Gasteiger partial charge is 0.339 e. The number of nitrogens with zero attached hydrogens (tertiary/aromatic N) is 4. The van der Waals surface area contributed by atoms with Gasteiger partial charge in [0.25, 0.3) is 5.69 Å². The van der Waals surface area contributed by atoms with Gasteiger partial charge in [0.15, 0.2) is 0 Å². The third-order valence-electron chi connectivity index (χ3n) is 5.68. The zero-order valence-electron chi connectivity index (χ0n) is 17.8. The molecule has 0 N–H and O–H groups in total. The van der Waals surface area contributed by atoms with E-state index in [-0.39, 0.29) is 23.0 Å². The lowest BCUT2D eigenvalue weighted by Gasteiger charge is -2.30. The van der Waals surface area contributed by atoms with Gasteiger partial charge in [-0.3, -0.25) is 10.1 Å². The van der Waals surface area contributed by atoms with Crippen molar-refractivity contribution in [1.29, 1.82) is 0 Å². The highest BCUT2D eigenvalue weighted by Crippen LogP contribution is 2.31. The van der Waals surface area contributed by atoms with Crippen LogP contribution in [-0.4, -0.2) is 40.9 Å². The van der Waals surface area contributed by atoms with Gasteiger partial charge in [-0.2, -0.15) is 9.29 Å². The van der Waals surface area contributed by atoms with E-state index in [0.29, 0.717) is 30.6 Å². The Morgan fingerprint density at radius 2 is 1.94 bits per heavy atom. The second-order valence-electron chi connectivity index (χ2n) is 8.19. The fraction of sp³-hybridized carbons (Fsp3) is 0.364. The van der Waals surface area contributed by atoms with Gasteiger partial charge in [-0.05, 0) is 30.4 Å². The predicted molar refractivity (Wildman–Crippen MR) is 118 cm³/mol. The van der Waals surface area contributed by atoms with Gasteiger partial charge >= 0.3 is 0 Å². The summed E-state index contributed by atoms with van der Waals surface area (Å²) < 4.78 is 33.0. The van der Waals surface area contributed by atoms with Crippen LogP contribution in [0.5, 0.6) is 0 Å². The number of hydrogen-bond donors (Lipinski definition) is 0. The van der Waals surface area contributed by atoms with Crippen molar-refractivity contribution in [2.45, 2.75) is 43.4 Å². The summed E-state index contributed by atoms with van der Waals surface area (Å²) >= 11 is 0. The van der Waals surface area contributed by atoms with E-state index in [1.165, 1.54) is 28.1 Å². The zero-order chi connectivity index (χ0) is 22.9. The lowest BCUT2D eigenvalue weighted by molar-refractivity contribution is -0.385. The second-order valence-corrected chi connectivity index (χ2v) is 10.1. The first-order valence-electron chi connectivity index (χ1n) is 10.4. The average Bonchev–Trinajstić information content (AvgIpc) is 3.30. The van der Waals surface area contributed by atoms with E-state index in [9.17, 15) is 18.5 Å². The smallest absolute Gasteiger partial charge is 0.270 e. The molecule has 2 heterocycles. The first kappa shape index (κ1) is 22.1. The van der Waals surface area contributed by atoms with Gasteiger partial charge in [0, 0.05) is 30.8 Å². The highest BCUT2D eigenvalue weighted by molar-refractivity contribution is 7.89. The molecule has 0 amide bonds. The fourth-order valence-corrected chi connectivity index (χ4v) is 5.37. The normalized spacial score (nSPS) is 17.5. The van der Waals surface area contributed by atoms with Gasteiger partial charge in [0.2, 0.25) is 21.7 Å². The molecule has 1 fully saturated rings. The van der Waals surface area contributed by atoms with Crippen molar-refractivity contribution in [3.05, 3.63) is 70.1 Å². The van der Waals surface area contributed by atoms with Crippen molar-refractivity contribution in [1.82, 2.24) is 14.4 Å². The second kappa shape index (κ2) is 8.79. The monoisotopic (exact) mass is 456 g/mol. The van der Waals surface area contributed by atoms with Crippen molar-refractivity contribution >= 4 is 15.7 Å². The Labute approximate surface area is 186 Å². The maximum atomic E-state index is 13.1. The molecule has 9 nitrogen and oxygen atoms in total. The van der Waals surface area contributed by atoms with Crippen LogP contribution in [0.15, 0.2) is 57.9 Å². The zero-order valence-corrected chi connectivity index (χ0v) is 18.7. The Bertz CT molecular complexity index is 1220. The van der Waals surface area contributed by atoms with Crippen LogP contribution in [0.3, 0.4) is 0 Å². The number of nitro benzene ring substituents is 1. The van der Waals surface area contributed by atoms with E-state index < -0.39 is 14.9 Å². The van der Waals surface area contributed by atoms with Crippen molar-refractivity contribution in [3.63, 3.8) is 0 Å². The molecule has 10 heteroatoms. The van der Waals surface area contributed by atoms with E-state index in [1.807, 2.05) is 24.3 Å². The molecule has 0 bridgehead atoms. The van der Waals surface area contributed by atoms with Gasteiger partial charge in [-0.25, -0.2) is 8.42 Å². The molecule has 1 aromatic heterocycles. The Hall–Kier alpha value is -3.11. The minimum atomic E-state index is -3.88. The molecular formula is C22H24N4O5S. The van der Waals surface area contributed by atoms with E-state index in [1.54, 1.807) is 0 Å². The summed E-state index contributed by atoms with van der Waals surface area (Å²) in [4.78, 5) is 14.9. The lowest BCUT2D eigenvalue weighted by Crippen LogP contribution is -2.39. The summed E-state index contributed by atoms with van der Waals surface area (Å²) in [5, 5.41) is 15.1. The van der Waals surface area contributed by atoms with Crippen molar-refractivity contribution in [3.8, 4) is 11.4 Å². The minimum absolute atomic E-state index is 0.0937. The maximum absolute atomic E-state index is 13.1. The average molecular weight is 457 g/mol. The van der Waals surface area contributed by atoms with Crippen molar-refractivity contribution in [2.75, 3.05) is 13.1 Å². The van der Waals surface area contributed by atoms with Gasteiger partial charge in [-0.15, -0.1) is 0 Å². The fourth-order valence-electron chi connectivity index (χ4n) is 3.80. The molecule has 1 saturated heterocycles. The van der Waals surface area contributed by atoms with Crippen molar-refractivity contribution < 1.29 is 17.9 Å². The summed E-state index contributed by atoms with van der Waals surface area (Å²) in [6.07, 6.45) is 1.34. The molecule has 1 atom stereocenters. The summed E-state index contributed by atoms with van der Waals surface area (Å²) in [5.41, 5.74) is 1.79. The molecule has 2 aromatic carbocycles. The van der Waals surface area contributed by atoms with Gasteiger partial charge in [0.05, 0.1) is 15.7 Å². The quantitative estimate of drug-likeness (QED) is 0.400. The van der Waals surface area contributed by atoms with Crippen LogP contribution >= 0.6 is 0 Å². The Morgan fingerprint density at radius 3 is 2.62 bits per heavy atom. The summed E-state index contributed by atoms with van der Waals surface area (Å²) in [7, 11) is -3.88. The standard InChI is InChI=1S/C22H24N4O5S/c1-15(2)16-8-10-17(11-9-16)21-23-22(31-24-21)18-5-4-12-25(14-18)32(29,30)20-7-3-6-19(13-20)26(27)28/h3,6-11,13,15,18H,4-5,12,14H2,1-2H3/t18-/m1/s1. The molecule has 0 aliphatic carbocycles. The molecule has 0 spiro atoms. The summed E-state index contributed by atoms with van der Waals surface area (Å²) in [6.45, 7) is 4.76. The summed E-state index contributed by atoms with van der Waals surface area (Å²) in [6, 6.07) is 13.1. The van der Waals surface area contributed by atoms with E-state index in [0.717, 1.165) is 18.1 Å². The number of aromatic nitrogens is 2. The molecule has 32 heavy (non-hydrogen) atoms. The van der Waals surface area contributed by atoms with Gasteiger partial charge in [0.1, 0.15) is 0 Å². The Balaban J connectivity index is 1.53. The van der Waals surface area contributed by atoms with Crippen LogP contribution in [0.1, 0.15) is 50.0 Å². The van der Waals surface area contributed by atoms with Crippen LogP contribution in [0.2, 0.25) is 0 Å². The van der Waals surface area contributed by atoms with E-state index in [2.05, 4.69) is 24.0 Å². The third-order valence-corrected chi connectivity index (χ3v) is 7.54. The highest BCUT2D eigenvalue weighted by atomic mass is 32.2. The number of benzene rings is 2. The molecule has 0 unspecified atom stereocenters. The van der Waals surface area contributed by atoms with Crippen LogP contribution in [0.25, 0.3) is 11.4 Å². The van der Waals surface area contributed by atoms with E-state index >= 15 is 0 Å². The number of piperidine rings is 1. The topological polar surface area (TPSA) is 119 Å². The van der Waals surface area contributed by atoms with E-state index in [4.69, 9.17) is 4.52 Å². The molecular weight excluding hydrogens is 432 g/mol. The number of nitro groups is 1. The Morgan fingerprint density at radius 1 is 1.19 bits per heavy atom. The molecule has 1 aliphatic rings. The van der Waals surface area contributed by atoms with Crippen molar-refractivity contribution in [2.24, 2.45) is 0 Å². The van der Waals surface area contributed by atoms with Crippen LogP contribution in [0, 0.1) is 10.1 Å². The lowest BCUT2D eigenvalue weighted by atomic mass is 9.99. The molecule has 3 aromatic rings. The Kier molecular flexibility index (Phi) is 6.07. The summed E-state index contributed by atoms with van der Waals surface area (Å²) in [5.74, 6) is 1.04. The molecule has 1 aliphatic heterocycles. The van der Waals surface area contributed by atoms with Gasteiger partial charge < -0.3 is 4.52 Å². The van der Waals surface area contributed by atoms with Crippen LogP contribution in [0.4, 0.5) is 5.69 Å². The minimum Gasteiger partial charge on any atom is -0.339 e. The maximum Gasteiger partial charge on any atom is 0.270 e. The molecule has 0 saturated carbocycles. The third kappa shape index (κ3) is 4.42. The molecule has 4 rings (SSSR count). The predicted octanol–water partition coefficient (Wildman–Crippen LogP) is 4.34. The van der Waals surface area contributed by atoms with Gasteiger partial charge in [-0.1, -0.05) is 49.3 Å². The number of non-ortho nitro benzene ring substituents is 1. The first-order valence-corrected chi connectivity index (χ1v) is 11.9. The number of hydrogen-bond acceptors (Lipinski definition) is 7. The number of sulfonamides is 1. The SMILES string of the molecule is CC(C)c1ccc(-c2noc([C@@H]3CCCN(S(=O)(=O)c4cccc([N+](=O)[O-])c4)C3)n2)cc1. The first-order chi connectivity index (χ1) is 15.3. The molecule has 0 radical (unpaired) electrons. The highest BCUT2D eigenvalue weighted by Gasteiger charge is 2.34. The number of rotatable bonds is 6. The molecule has 168 valence electrons. The van der Waals surface area contributed by atoms with Crippen LogP contribution in [-0.2, 0) is 10.0 Å².